The van der Waals surface area contributed by atoms with Crippen LogP contribution in [0.15, 0.2) is 24.3 Å². The van der Waals surface area contributed by atoms with Crippen molar-refractivity contribution >= 4 is 17.4 Å². The Morgan fingerprint density at radius 1 is 1.38 bits per heavy atom. The molecule has 0 saturated carbocycles. The minimum absolute atomic E-state index is 0.121. The minimum atomic E-state index is 0.121. The topological polar surface area (TPSA) is 32.3 Å². The molecule has 1 saturated heterocycles. The molecule has 1 aliphatic rings. The van der Waals surface area contributed by atoms with E-state index < -0.39 is 0 Å². The van der Waals surface area contributed by atoms with Gasteiger partial charge in [0, 0.05) is 17.0 Å². The van der Waals surface area contributed by atoms with E-state index in [0.29, 0.717) is 11.3 Å². The molecule has 1 aromatic rings. The van der Waals surface area contributed by atoms with Crippen molar-refractivity contribution in [3.05, 3.63) is 29.8 Å². The zero-order chi connectivity index (χ0) is 11.4. The van der Waals surface area contributed by atoms with E-state index in [0.717, 1.165) is 11.3 Å². The highest BCUT2D eigenvalue weighted by atomic mass is 32.2. The normalized spacial score (nSPS) is 25.4. The summed E-state index contributed by atoms with van der Waals surface area (Å²) in [6.07, 6.45) is 2.57. The van der Waals surface area contributed by atoms with Crippen molar-refractivity contribution in [1.82, 2.24) is 0 Å². The van der Waals surface area contributed by atoms with Crippen molar-refractivity contribution < 1.29 is 5.11 Å². The zero-order valence-electron chi connectivity index (χ0n) is 9.65. The molecular weight excluding hydrogens is 218 g/mol. The second kappa shape index (κ2) is 5.60. The lowest BCUT2D eigenvalue weighted by molar-refractivity contribution is 0.282. The van der Waals surface area contributed by atoms with Crippen LogP contribution in [0.5, 0.6) is 0 Å². The molecule has 16 heavy (non-hydrogen) atoms. The largest absolute Gasteiger partial charge is 0.392 e. The first-order valence-electron chi connectivity index (χ1n) is 5.87. The highest BCUT2D eigenvalue weighted by Crippen LogP contribution is 2.27. The fraction of sp³-hybridized carbons (Fsp3) is 0.538. The van der Waals surface area contributed by atoms with Crippen LogP contribution in [0.2, 0.25) is 0 Å². The van der Waals surface area contributed by atoms with Crippen LogP contribution in [0.4, 0.5) is 5.69 Å². The molecule has 2 atom stereocenters. The summed E-state index contributed by atoms with van der Waals surface area (Å²) in [7, 11) is 0. The predicted octanol–water partition coefficient (Wildman–Crippen LogP) is 2.87. The number of anilines is 1. The lowest BCUT2D eigenvalue weighted by Gasteiger charge is -2.30. The summed E-state index contributed by atoms with van der Waals surface area (Å²) >= 11 is 2.05. The van der Waals surface area contributed by atoms with Crippen LogP contribution in [-0.2, 0) is 6.61 Å². The molecule has 1 heterocycles. The number of hydrogen-bond acceptors (Lipinski definition) is 3. The third-order valence-corrected chi connectivity index (χ3v) is 4.47. The first-order chi connectivity index (χ1) is 7.79. The lowest BCUT2D eigenvalue weighted by Crippen LogP contribution is -2.32. The fourth-order valence-electron chi connectivity index (χ4n) is 2.03. The Kier molecular flexibility index (Phi) is 4.13. The highest BCUT2D eigenvalue weighted by Gasteiger charge is 2.21. The summed E-state index contributed by atoms with van der Waals surface area (Å²) in [5, 5.41) is 13.2. The molecule has 2 rings (SSSR count). The van der Waals surface area contributed by atoms with Gasteiger partial charge in [-0.2, -0.15) is 11.8 Å². The minimum Gasteiger partial charge on any atom is -0.392 e. The molecule has 0 spiro atoms. The molecule has 0 bridgehead atoms. The fourth-order valence-corrected chi connectivity index (χ4v) is 3.17. The van der Waals surface area contributed by atoms with E-state index in [9.17, 15) is 0 Å². The standard InChI is InChI=1S/C13H19NOS/c1-10-13(3-2-8-16-10)14-12-6-4-11(9-15)5-7-12/h4-7,10,13-15H,2-3,8-9H2,1H3. The third-order valence-electron chi connectivity index (χ3n) is 3.10. The van der Waals surface area contributed by atoms with Gasteiger partial charge < -0.3 is 10.4 Å². The van der Waals surface area contributed by atoms with Gasteiger partial charge >= 0.3 is 0 Å². The van der Waals surface area contributed by atoms with Crippen LogP contribution in [0, 0.1) is 0 Å². The van der Waals surface area contributed by atoms with E-state index in [1.807, 2.05) is 12.1 Å². The Bertz CT molecular complexity index is 325. The van der Waals surface area contributed by atoms with E-state index >= 15 is 0 Å². The molecule has 1 aliphatic heterocycles. The van der Waals surface area contributed by atoms with Gasteiger partial charge in [-0.15, -0.1) is 0 Å². The highest BCUT2D eigenvalue weighted by molar-refractivity contribution is 8.00. The molecule has 2 nitrogen and oxygen atoms in total. The van der Waals surface area contributed by atoms with Crippen LogP contribution in [0.3, 0.4) is 0 Å². The van der Waals surface area contributed by atoms with Gasteiger partial charge in [0.25, 0.3) is 0 Å². The van der Waals surface area contributed by atoms with Gasteiger partial charge in [0.2, 0.25) is 0 Å². The Morgan fingerprint density at radius 2 is 2.12 bits per heavy atom. The Balaban J connectivity index is 1.96. The Labute approximate surface area is 101 Å². The lowest BCUT2D eigenvalue weighted by atomic mass is 10.1. The van der Waals surface area contributed by atoms with Gasteiger partial charge in [-0.25, -0.2) is 0 Å². The summed E-state index contributed by atoms with van der Waals surface area (Å²) < 4.78 is 0. The van der Waals surface area contributed by atoms with Crippen molar-refractivity contribution in [3.63, 3.8) is 0 Å². The molecule has 2 unspecified atom stereocenters. The molecule has 1 aromatic carbocycles. The number of benzene rings is 1. The van der Waals surface area contributed by atoms with E-state index in [1.54, 1.807) is 0 Å². The number of nitrogens with one attached hydrogen (secondary N) is 1. The van der Waals surface area contributed by atoms with Gasteiger partial charge in [0.05, 0.1) is 6.61 Å². The van der Waals surface area contributed by atoms with Crippen LogP contribution in [0.1, 0.15) is 25.3 Å². The van der Waals surface area contributed by atoms with Crippen LogP contribution < -0.4 is 5.32 Å². The van der Waals surface area contributed by atoms with Crippen LogP contribution in [-0.4, -0.2) is 22.2 Å². The van der Waals surface area contributed by atoms with Crippen molar-refractivity contribution in [2.75, 3.05) is 11.1 Å². The maximum absolute atomic E-state index is 8.97. The summed E-state index contributed by atoms with van der Waals surface area (Å²) in [5.74, 6) is 1.29. The average Bonchev–Trinajstić information content (AvgIpc) is 2.33. The molecule has 0 amide bonds. The molecule has 2 N–H and O–H groups in total. The van der Waals surface area contributed by atoms with Gasteiger partial charge in [0.15, 0.2) is 0 Å². The van der Waals surface area contributed by atoms with Gasteiger partial charge in [-0.1, -0.05) is 19.1 Å². The van der Waals surface area contributed by atoms with Crippen molar-refractivity contribution in [3.8, 4) is 0 Å². The number of hydrogen-bond donors (Lipinski definition) is 2. The zero-order valence-corrected chi connectivity index (χ0v) is 10.5. The molecular formula is C13H19NOS. The number of rotatable bonds is 3. The SMILES string of the molecule is CC1SCCCC1Nc1ccc(CO)cc1. The van der Waals surface area contributed by atoms with E-state index in [-0.39, 0.29) is 6.61 Å². The Hall–Kier alpha value is -0.670. The summed E-state index contributed by atoms with van der Waals surface area (Å²) in [6, 6.07) is 8.64. The smallest absolute Gasteiger partial charge is 0.0681 e. The second-order valence-corrected chi connectivity index (χ2v) is 5.81. The summed E-state index contributed by atoms with van der Waals surface area (Å²) in [5.41, 5.74) is 2.13. The second-order valence-electron chi connectivity index (χ2n) is 4.32. The molecule has 0 radical (unpaired) electrons. The quantitative estimate of drug-likeness (QED) is 0.848. The first-order valence-corrected chi connectivity index (χ1v) is 6.92. The van der Waals surface area contributed by atoms with Crippen LogP contribution in [0.25, 0.3) is 0 Å². The molecule has 0 aromatic heterocycles. The monoisotopic (exact) mass is 237 g/mol. The van der Waals surface area contributed by atoms with Crippen molar-refractivity contribution in [2.24, 2.45) is 0 Å². The maximum atomic E-state index is 8.97. The van der Waals surface area contributed by atoms with Crippen LogP contribution >= 0.6 is 11.8 Å². The third kappa shape index (κ3) is 2.92. The van der Waals surface area contributed by atoms with Gasteiger partial charge in [0.1, 0.15) is 0 Å². The maximum Gasteiger partial charge on any atom is 0.0681 e. The summed E-state index contributed by atoms with van der Waals surface area (Å²) in [6.45, 7) is 2.42. The number of thioether (sulfide) groups is 1. The summed E-state index contributed by atoms with van der Waals surface area (Å²) in [4.78, 5) is 0. The van der Waals surface area contributed by atoms with Crippen molar-refractivity contribution in [2.45, 2.75) is 37.7 Å². The molecule has 3 heteroatoms. The number of aliphatic hydroxyl groups excluding tert-OH is 1. The van der Waals surface area contributed by atoms with Crippen molar-refractivity contribution in [1.29, 1.82) is 0 Å². The predicted molar refractivity (Wildman–Crippen MR) is 70.9 cm³/mol. The number of aliphatic hydroxyl groups is 1. The molecule has 1 fully saturated rings. The van der Waals surface area contributed by atoms with E-state index in [4.69, 9.17) is 5.11 Å². The van der Waals surface area contributed by atoms with E-state index in [2.05, 4.69) is 36.1 Å². The van der Waals surface area contributed by atoms with Gasteiger partial charge in [-0.3, -0.25) is 0 Å². The Morgan fingerprint density at radius 3 is 2.75 bits per heavy atom. The average molecular weight is 237 g/mol. The van der Waals surface area contributed by atoms with E-state index in [1.165, 1.54) is 18.6 Å². The first kappa shape index (κ1) is 11.8. The van der Waals surface area contributed by atoms with Gasteiger partial charge in [-0.05, 0) is 36.3 Å². The molecule has 88 valence electrons. The molecule has 0 aliphatic carbocycles.